The number of amides is 3. The summed E-state index contributed by atoms with van der Waals surface area (Å²) in [6, 6.07) is 2.12. The largest absolute Gasteiger partial charge is 0.504 e. The number of hydrogen-bond donors (Lipinski definition) is 1. The van der Waals surface area contributed by atoms with E-state index in [0.29, 0.717) is 24.9 Å². The van der Waals surface area contributed by atoms with Gasteiger partial charge in [0.2, 0.25) is 5.91 Å². The van der Waals surface area contributed by atoms with Gasteiger partial charge in [-0.25, -0.2) is 0 Å². The van der Waals surface area contributed by atoms with E-state index in [4.69, 9.17) is 4.74 Å². The van der Waals surface area contributed by atoms with Gasteiger partial charge in [-0.1, -0.05) is 0 Å². The van der Waals surface area contributed by atoms with Crippen molar-refractivity contribution in [1.82, 2.24) is 9.80 Å². The highest BCUT2D eigenvalue weighted by atomic mass is 32.2. The first-order valence-corrected chi connectivity index (χ1v) is 9.22. The van der Waals surface area contributed by atoms with Crippen LogP contribution in [-0.4, -0.2) is 63.6 Å². The highest BCUT2D eigenvalue weighted by Crippen LogP contribution is 2.39. The van der Waals surface area contributed by atoms with Crippen molar-refractivity contribution in [3.63, 3.8) is 0 Å². The zero-order valence-electron chi connectivity index (χ0n) is 14.9. The minimum Gasteiger partial charge on any atom is -0.504 e. The molecule has 3 amide bonds. The van der Waals surface area contributed by atoms with Crippen molar-refractivity contribution in [2.45, 2.75) is 12.8 Å². The fourth-order valence-electron chi connectivity index (χ4n) is 2.96. The Kier molecular flexibility index (Phi) is 5.54. The Labute approximate surface area is 163 Å². The highest BCUT2D eigenvalue weighted by molar-refractivity contribution is 8.18. The van der Waals surface area contributed by atoms with E-state index in [-0.39, 0.29) is 34.4 Å². The fraction of sp³-hybridized carbons (Fsp3) is 0.353. The van der Waals surface area contributed by atoms with E-state index < -0.39 is 21.8 Å². The molecule has 0 saturated carbocycles. The lowest BCUT2D eigenvalue weighted by atomic mass is 10.1. The van der Waals surface area contributed by atoms with Crippen LogP contribution in [0.2, 0.25) is 0 Å². The average Bonchev–Trinajstić information content (AvgIpc) is 3.28. The van der Waals surface area contributed by atoms with Crippen LogP contribution < -0.4 is 4.74 Å². The molecule has 1 aromatic rings. The van der Waals surface area contributed by atoms with Crippen LogP contribution >= 0.6 is 11.8 Å². The maximum atomic E-state index is 12.6. The summed E-state index contributed by atoms with van der Waals surface area (Å²) in [7, 11) is 1.24. The van der Waals surface area contributed by atoms with Crippen LogP contribution in [0.1, 0.15) is 18.4 Å². The van der Waals surface area contributed by atoms with Crippen LogP contribution in [0, 0.1) is 10.1 Å². The molecule has 11 heteroatoms. The van der Waals surface area contributed by atoms with Gasteiger partial charge in [-0.2, -0.15) is 0 Å². The predicted octanol–water partition coefficient (Wildman–Crippen LogP) is 1.97. The van der Waals surface area contributed by atoms with Crippen LogP contribution in [-0.2, 0) is 9.59 Å². The van der Waals surface area contributed by atoms with Crippen LogP contribution in [0.5, 0.6) is 11.5 Å². The third-order valence-electron chi connectivity index (χ3n) is 4.43. The average molecular weight is 407 g/mol. The third kappa shape index (κ3) is 3.79. The van der Waals surface area contributed by atoms with E-state index in [9.17, 15) is 29.6 Å². The van der Waals surface area contributed by atoms with Gasteiger partial charge >= 0.3 is 0 Å². The lowest BCUT2D eigenvalue weighted by molar-refractivity contribution is -0.385. The minimum absolute atomic E-state index is 0.0394. The number of carbonyl (C=O) groups is 3. The number of benzene rings is 1. The summed E-state index contributed by atoms with van der Waals surface area (Å²) >= 11 is 0.604. The third-order valence-corrected chi connectivity index (χ3v) is 5.34. The van der Waals surface area contributed by atoms with Gasteiger partial charge in [-0.3, -0.25) is 29.4 Å². The van der Waals surface area contributed by atoms with Crippen molar-refractivity contribution in [2.75, 3.05) is 26.7 Å². The lowest BCUT2D eigenvalue weighted by Gasteiger charge is -2.18. The van der Waals surface area contributed by atoms with Gasteiger partial charge in [0, 0.05) is 24.7 Å². The Balaban J connectivity index is 1.86. The Morgan fingerprint density at radius 1 is 1.36 bits per heavy atom. The molecule has 2 aliphatic rings. The summed E-state index contributed by atoms with van der Waals surface area (Å²) in [6.07, 6.45) is 2.96. The highest BCUT2D eigenvalue weighted by Gasteiger charge is 2.37. The van der Waals surface area contributed by atoms with E-state index in [0.717, 1.165) is 29.9 Å². The van der Waals surface area contributed by atoms with Crippen molar-refractivity contribution in [2.24, 2.45) is 0 Å². The van der Waals surface area contributed by atoms with E-state index in [1.807, 2.05) is 0 Å². The first-order valence-electron chi connectivity index (χ1n) is 8.40. The van der Waals surface area contributed by atoms with E-state index in [1.165, 1.54) is 13.2 Å². The van der Waals surface area contributed by atoms with Crippen molar-refractivity contribution < 1.29 is 29.2 Å². The molecule has 0 aromatic heterocycles. The molecular weight excluding hydrogens is 390 g/mol. The number of carbonyl (C=O) groups excluding carboxylic acids is 3. The number of imide groups is 1. The molecule has 2 saturated heterocycles. The molecule has 10 nitrogen and oxygen atoms in total. The Morgan fingerprint density at radius 2 is 2.04 bits per heavy atom. The molecule has 28 heavy (non-hydrogen) atoms. The number of phenolic OH excluding ortho intramolecular Hbond substituents is 1. The lowest BCUT2D eigenvalue weighted by Crippen LogP contribution is -2.40. The van der Waals surface area contributed by atoms with Gasteiger partial charge in [0.25, 0.3) is 16.8 Å². The number of aromatic hydroxyl groups is 1. The molecule has 0 aliphatic carbocycles. The Morgan fingerprint density at radius 3 is 2.64 bits per heavy atom. The number of thioether (sulfide) groups is 1. The molecule has 0 bridgehead atoms. The molecule has 0 spiro atoms. The molecule has 0 radical (unpaired) electrons. The van der Waals surface area contributed by atoms with E-state index >= 15 is 0 Å². The predicted molar refractivity (Wildman–Crippen MR) is 99.8 cm³/mol. The number of non-ortho nitro benzene ring substituents is 1. The number of hydrogen-bond acceptors (Lipinski definition) is 8. The second-order valence-corrected chi connectivity index (χ2v) is 7.19. The molecule has 3 rings (SSSR count). The van der Waals surface area contributed by atoms with Gasteiger partial charge in [0.1, 0.15) is 6.54 Å². The molecule has 148 valence electrons. The molecule has 2 aliphatic heterocycles. The topological polar surface area (TPSA) is 130 Å². The van der Waals surface area contributed by atoms with Crippen molar-refractivity contribution in [1.29, 1.82) is 0 Å². The van der Waals surface area contributed by atoms with Crippen LogP contribution in [0.3, 0.4) is 0 Å². The molecule has 2 fully saturated rings. The summed E-state index contributed by atoms with van der Waals surface area (Å²) in [5.74, 6) is -1.52. The molecule has 1 aromatic carbocycles. The summed E-state index contributed by atoms with van der Waals surface area (Å²) < 4.78 is 4.92. The van der Waals surface area contributed by atoms with Crippen molar-refractivity contribution >= 4 is 40.6 Å². The normalized spacial score (nSPS) is 18.2. The Bertz CT molecular complexity index is 893. The van der Waals surface area contributed by atoms with Gasteiger partial charge in [0.15, 0.2) is 11.5 Å². The number of phenols is 1. The maximum Gasteiger partial charge on any atom is 0.294 e. The Hall–Kier alpha value is -3.08. The van der Waals surface area contributed by atoms with Crippen LogP contribution in [0.4, 0.5) is 10.5 Å². The van der Waals surface area contributed by atoms with E-state index in [1.54, 1.807) is 4.90 Å². The SMILES string of the molecule is COc1cc([N+](=O)[O-])cc(/C=C2/SC(=O)N(CC(=O)N3CCCC3)C2=O)c1O. The smallest absolute Gasteiger partial charge is 0.294 e. The number of ether oxygens (including phenoxy) is 1. The van der Waals surface area contributed by atoms with Crippen molar-refractivity contribution in [3.05, 3.63) is 32.7 Å². The molecule has 0 atom stereocenters. The van der Waals surface area contributed by atoms with Gasteiger partial charge in [0.05, 0.1) is 23.0 Å². The number of nitro benzene ring substituents is 1. The fourth-order valence-corrected chi connectivity index (χ4v) is 3.79. The molecule has 2 heterocycles. The van der Waals surface area contributed by atoms with Gasteiger partial charge in [-0.15, -0.1) is 0 Å². The summed E-state index contributed by atoms with van der Waals surface area (Å²) in [5, 5.41) is 20.6. The number of nitro groups is 1. The number of rotatable bonds is 5. The second kappa shape index (κ2) is 7.89. The summed E-state index contributed by atoms with van der Waals surface area (Å²) in [6.45, 7) is 0.852. The second-order valence-electron chi connectivity index (χ2n) is 6.20. The maximum absolute atomic E-state index is 12.6. The number of methoxy groups -OCH3 is 1. The van der Waals surface area contributed by atoms with E-state index in [2.05, 4.69) is 0 Å². The van der Waals surface area contributed by atoms with Crippen LogP contribution in [0.15, 0.2) is 17.0 Å². The molecule has 1 N–H and O–H groups in total. The number of nitrogens with zero attached hydrogens (tertiary/aromatic N) is 3. The summed E-state index contributed by atoms with van der Waals surface area (Å²) in [5.41, 5.74) is -0.383. The zero-order chi connectivity index (χ0) is 20.4. The summed E-state index contributed by atoms with van der Waals surface area (Å²) in [4.78, 5) is 49.8. The van der Waals surface area contributed by atoms with Crippen molar-refractivity contribution in [3.8, 4) is 11.5 Å². The quantitative estimate of drug-likeness (QED) is 0.445. The monoisotopic (exact) mass is 407 g/mol. The van der Waals surface area contributed by atoms with Gasteiger partial charge < -0.3 is 14.7 Å². The minimum atomic E-state index is -0.688. The first-order chi connectivity index (χ1) is 13.3. The number of likely N-dealkylation sites (tertiary alicyclic amines) is 1. The van der Waals surface area contributed by atoms with Crippen LogP contribution in [0.25, 0.3) is 6.08 Å². The standard InChI is InChI=1S/C17H17N3O7S/c1-27-12-8-11(20(25)26)6-10(15(12)22)7-13-16(23)19(17(24)28-13)9-14(21)18-4-2-3-5-18/h6-8,22H,2-5,9H2,1H3/b13-7+. The molecule has 0 unspecified atom stereocenters. The zero-order valence-corrected chi connectivity index (χ0v) is 15.7. The first kappa shape index (κ1) is 19.7. The molecular formula is C17H17N3O7S. The van der Waals surface area contributed by atoms with Gasteiger partial charge in [-0.05, 0) is 30.7 Å².